The number of piperidine rings is 1. The summed E-state index contributed by atoms with van der Waals surface area (Å²) in [4.78, 5) is 24.4. The van der Waals surface area contributed by atoms with Gasteiger partial charge in [0.1, 0.15) is 5.82 Å². The summed E-state index contributed by atoms with van der Waals surface area (Å²) in [6.45, 7) is 2.91. The fourth-order valence-corrected chi connectivity index (χ4v) is 3.33. The summed E-state index contributed by atoms with van der Waals surface area (Å²) in [5.74, 6) is -0.154. The van der Waals surface area contributed by atoms with E-state index in [9.17, 15) is 14.3 Å². The van der Waals surface area contributed by atoms with Crippen LogP contribution < -0.4 is 4.90 Å². The third-order valence-electron chi connectivity index (χ3n) is 4.69. The predicted octanol–water partition coefficient (Wildman–Crippen LogP) is 2.03. The van der Waals surface area contributed by atoms with Crippen LogP contribution in [0.4, 0.5) is 10.3 Å². The van der Waals surface area contributed by atoms with Crippen LogP contribution in [0, 0.1) is 12.7 Å². The van der Waals surface area contributed by atoms with Gasteiger partial charge in [-0.3, -0.25) is 4.79 Å². The van der Waals surface area contributed by atoms with Crippen molar-refractivity contribution in [3.63, 3.8) is 0 Å². The molecule has 1 aromatic heterocycles. The smallest absolute Gasteiger partial charge is 0.253 e. The van der Waals surface area contributed by atoms with Crippen molar-refractivity contribution >= 4 is 11.9 Å². The van der Waals surface area contributed by atoms with E-state index in [1.807, 2.05) is 4.90 Å². The Kier molecular flexibility index (Phi) is 5.18. The van der Waals surface area contributed by atoms with Crippen molar-refractivity contribution in [1.29, 1.82) is 0 Å². The van der Waals surface area contributed by atoms with Gasteiger partial charge in [-0.1, -0.05) is 6.07 Å². The number of halogens is 1. The first-order chi connectivity index (χ1) is 12.4. The van der Waals surface area contributed by atoms with Gasteiger partial charge in [0.2, 0.25) is 5.95 Å². The van der Waals surface area contributed by atoms with Crippen molar-refractivity contribution in [3.05, 3.63) is 53.6 Å². The van der Waals surface area contributed by atoms with Crippen molar-refractivity contribution in [3.8, 4) is 0 Å². The number of rotatable bonds is 4. The first-order valence-electron chi connectivity index (χ1n) is 8.64. The molecule has 0 aliphatic carbocycles. The summed E-state index contributed by atoms with van der Waals surface area (Å²) in [7, 11) is 1.62. The predicted molar refractivity (Wildman–Crippen MR) is 96.5 cm³/mol. The molecule has 1 saturated heterocycles. The molecule has 1 aromatic carbocycles. The van der Waals surface area contributed by atoms with Gasteiger partial charge in [-0.15, -0.1) is 0 Å². The molecule has 26 heavy (non-hydrogen) atoms. The molecule has 0 spiro atoms. The lowest BCUT2D eigenvalue weighted by molar-refractivity contribution is -0.000304. The van der Waals surface area contributed by atoms with E-state index >= 15 is 0 Å². The third kappa shape index (κ3) is 3.99. The number of carbonyl (C=O) groups excluding carboxylic acids is 1. The maximum atomic E-state index is 13.7. The molecule has 2 heterocycles. The van der Waals surface area contributed by atoms with Gasteiger partial charge in [0.25, 0.3) is 5.91 Å². The van der Waals surface area contributed by atoms with Crippen molar-refractivity contribution in [2.24, 2.45) is 0 Å². The second kappa shape index (κ2) is 7.37. The van der Waals surface area contributed by atoms with Crippen LogP contribution >= 0.6 is 0 Å². The number of aryl methyl sites for hydroxylation is 1. The van der Waals surface area contributed by atoms with Gasteiger partial charge in [0, 0.05) is 31.5 Å². The Morgan fingerprint density at radius 3 is 2.81 bits per heavy atom. The lowest BCUT2D eigenvalue weighted by atomic mass is 9.92. The summed E-state index contributed by atoms with van der Waals surface area (Å²) < 4.78 is 13.7. The van der Waals surface area contributed by atoms with Crippen molar-refractivity contribution in [2.45, 2.75) is 25.4 Å². The summed E-state index contributed by atoms with van der Waals surface area (Å²) in [6.07, 6.45) is 4.68. The molecule has 1 unspecified atom stereocenters. The van der Waals surface area contributed by atoms with Crippen LogP contribution in [0.25, 0.3) is 0 Å². The summed E-state index contributed by atoms with van der Waals surface area (Å²) in [6, 6.07) is 6.17. The van der Waals surface area contributed by atoms with Crippen molar-refractivity contribution < 1.29 is 14.3 Å². The molecule has 2 aromatic rings. The monoisotopic (exact) mass is 358 g/mol. The molecule has 0 radical (unpaired) electrons. The molecular formula is C19H23FN4O2. The van der Waals surface area contributed by atoms with Crippen LogP contribution in [-0.2, 0) is 0 Å². The quantitative estimate of drug-likeness (QED) is 0.906. The number of β-amino-alcohol motifs (C(OH)–C–C–N with tert-alkyl or cyclic N) is 1. The van der Waals surface area contributed by atoms with E-state index in [0.29, 0.717) is 24.5 Å². The third-order valence-corrected chi connectivity index (χ3v) is 4.69. The number of carbonyl (C=O) groups is 1. The van der Waals surface area contributed by atoms with Crippen LogP contribution in [0.5, 0.6) is 0 Å². The van der Waals surface area contributed by atoms with Gasteiger partial charge in [-0.05, 0) is 43.5 Å². The molecule has 1 N–H and O–H groups in total. The van der Waals surface area contributed by atoms with Gasteiger partial charge >= 0.3 is 0 Å². The number of anilines is 1. The Morgan fingerprint density at radius 1 is 1.38 bits per heavy atom. The molecule has 6 nitrogen and oxygen atoms in total. The standard InChI is InChI=1S/C19H23FN4O2/c1-14-5-6-15(11-16(14)20)17(25)23(2)12-19(26)7-3-10-24(13-19)18-21-8-4-9-22-18/h4-6,8-9,11,26H,3,7,10,12-13H2,1-2H3. The number of likely N-dealkylation sites (N-methyl/N-ethyl adjacent to an activating group) is 1. The highest BCUT2D eigenvalue weighted by Crippen LogP contribution is 2.25. The molecule has 1 amide bonds. The highest BCUT2D eigenvalue weighted by molar-refractivity contribution is 5.94. The first-order valence-corrected chi connectivity index (χ1v) is 8.64. The Balaban J connectivity index is 1.70. The molecular weight excluding hydrogens is 335 g/mol. The Morgan fingerprint density at radius 2 is 2.12 bits per heavy atom. The zero-order valence-corrected chi connectivity index (χ0v) is 15.0. The average molecular weight is 358 g/mol. The van der Waals surface area contributed by atoms with Crippen LogP contribution in [0.2, 0.25) is 0 Å². The van der Waals surface area contributed by atoms with E-state index in [1.165, 1.54) is 11.0 Å². The fourth-order valence-electron chi connectivity index (χ4n) is 3.33. The topological polar surface area (TPSA) is 69.6 Å². The lowest BCUT2D eigenvalue weighted by Crippen LogP contribution is -2.55. The number of aliphatic hydroxyl groups is 1. The average Bonchev–Trinajstić information content (AvgIpc) is 2.63. The molecule has 138 valence electrons. The van der Waals surface area contributed by atoms with Crippen LogP contribution in [0.1, 0.15) is 28.8 Å². The zero-order valence-electron chi connectivity index (χ0n) is 15.0. The van der Waals surface area contributed by atoms with Crippen molar-refractivity contribution in [1.82, 2.24) is 14.9 Å². The van der Waals surface area contributed by atoms with Gasteiger partial charge in [0.05, 0.1) is 18.7 Å². The van der Waals surface area contributed by atoms with E-state index in [4.69, 9.17) is 0 Å². The van der Waals surface area contributed by atoms with Gasteiger partial charge < -0.3 is 14.9 Å². The van der Waals surface area contributed by atoms with E-state index in [-0.39, 0.29) is 18.0 Å². The number of amides is 1. The SMILES string of the molecule is Cc1ccc(C(=O)N(C)CC2(O)CCCN(c3ncccn3)C2)cc1F. The minimum absolute atomic E-state index is 0.157. The van der Waals surface area contributed by atoms with Gasteiger partial charge in [-0.25, -0.2) is 14.4 Å². The largest absolute Gasteiger partial charge is 0.386 e. The number of benzene rings is 1. The minimum Gasteiger partial charge on any atom is -0.386 e. The number of hydrogen-bond donors (Lipinski definition) is 1. The first kappa shape index (κ1) is 18.3. The summed E-state index contributed by atoms with van der Waals surface area (Å²) in [5, 5.41) is 11.0. The van der Waals surface area contributed by atoms with Crippen LogP contribution in [0.15, 0.2) is 36.7 Å². The number of aromatic nitrogens is 2. The number of nitrogens with zero attached hydrogens (tertiary/aromatic N) is 4. The normalized spacial score (nSPS) is 20.1. The molecule has 1 atom stereocenters. The Bertz CT molecular complexity index is 786. The van der Waals surface area contributed by atoms with E-state index in [1.54, 1.807) is 44.6 Å². The number of hydrogen-bond acceptors (Lipinski definition) is 5. The van der Waals surface area contributed by atoms with E-state index in [0.717, 1.165) is 13.0 Å². The minimum atomic E-state index is -1.06. The Hall–Kier alpha value is -2.54. The lowest BCUT2D eigenvalue weighted by Gasteiger charge is -2.41. The zero-order chi connectivity index (χ0) is 18.7. The summed E-state index contributed by atoms with van der Waals surface area (Å²) in [5.41, 5.74) is -0.294. The Labute approximate surface area is 152 Å². The molecule has 1 fully saturated rings. The molecule has 1 aliphatic heterocycles. The van der Waals surface area contributed by atoms with E-state index in [2.05, 4.69) is 9.97 Å². The second-order valence-electron chi connectivity index (χ2n) is 6.92. The van der Waals surface area contributed by atoms with Crippen molar-refractivity contribution in [2.75, 3.05) is 31.6 Å². The maximum absolute atomic E-state index is 13.7. The second-order valence-corrected chi connectivity index (χ2v) is 6.92. The molecule has 1 aliphatic rings. The van der Waals surface area contributed by atoms with Crippen LogP contribution in [-0.4, -0.2) is 58.2 Å². The highest BCUT2D eigenvalue weighted by Gasteiger charge is 2.36. The van der Waals surface area contributed by atoms with Gasteiger partial charge in [0.15, 0.2) is 0 Å². The molecule has 0 saturated carbocycles. The highest BCUT2D eigenvalue weighted by atomic mass is 19.1. The molecule has 3 rings (SSSR count). The fraction of sp³-hybridized carbons (Fsp3) is 0.421. The molecule has 0 bridgehead atoms. The van der Waals surface area contributed by atoms with E-state index < -0.39 is 11.4 Å². The molecule has 7 heteroatoms. The van der Waals surface area contributed by atoms with Gasteiger partial charge in [-0.2, -0.15) is 0 Å². The van der Waals surface area contributed by atoms with Crippen LogP contribution in [0.3, 0.4) is 0 Å². The summed E-state index contributed by atoms with van der Waals surface area (Å²) >= 11 is 0. The maximum Gasteiger partial charge on any atom is 0.253 e.